The van der Waals surface area contributed by atoms with Gasteiger partial charge in [0.1, 0.15) is 0 Å². The number of nitrogens with one attached hydrogen (secondary N) is 2. The third-order valence-electron chi connectivity index (χ3n) is 2.80. The van der Waals surface area contributed by atoms with Crippen LogP contribution in [0.3, 0.4) is 0 Å². The summed E-state index contributed by atoms with van der Waals surface area (Å²) < 4.78 is 0.672. The molecule has 4 N–H and O–H groups in total. The molecule has 0 saturated heterocycles. The van der Waals surface area contributed by atoms with Crippen molar-refractivity contribution in [3.63, 3.8) is 0 Å². The Balaban J connectivity index is 2.70. The lowest BCUT2D eigenvalue weighted by atomic mass is 9.92. The maximum atomic E-state index is 12.0. The Morgan fingerprint density at radius 3 is 2.53 bits per heavy atom. The second-order valence-corrected chi connectivity index (χ2v) is 5.74. The summed E-state index contributed by atoms with van der Waals surface area (Å²) in [6, 6.07) is 4.95. The van der Waals surface area contributed by atoms with Gasteiger partial charge in [0.25, 0.3) is 5.91 Å². The predicted octanol–water partition coefficient (Wildman–Crippen LogP) is 1.53. The Hall–Kier alpha value is -1.56. The quantitative estimate of drug-likeness (QED) is 0.733. The summed E-state index contributed by atoms with van der Waals surface area (Å²) in [5.41, 5.74) is 6.07. The number of carbonyl (C=O) groups excluding carboxylic acids is 2. The third-order valence-corrected chi connectivity index (χ3v) is 3.48. The summed E-state index contributed by atoms with van der Waals surface area (Å²) in [6.45, 7) is 3.80. The highest BCUT2D eigenvalue weighted by Gasteiger charge is 2.27. The molecular weight excluding hydrogens is 310 g/mol. The minimum absolute atomic E-state index is 0.119. The number of hydrogen-bond acceptors (Lipinski definition) is 3. The highest BCUT2D eigenvalue weighted by molar-refractivity contribution is 9.10. The molecule has 0 aromatic heterocycles. The van der Waals surface area contributed by atoms with Crippen LogP contribution in [0.25, 0.3) is 0 Å². The van der Waals surface area contributed by atoms with E-state index in [0.717, 1.165) is 0 Å². The van der Waals surface area contributed by atoms with Gasteiger partial charge in [0, 0.05) is 29.3 Å². The van der Waals surface area contributed by atoms with Crippen molar-refractivity contribution in [2.75, 3.05) is 19.3 Å². The molecule has 2 amide bonds. The highest BCUT2D eigenvalue weighted by Crippen LogP contribution is 2.20. The first-order valence-corrected chi connectivity index (χ1v) is 6.62. The Morgan fingerprint density at radius 1 is 1.37 bits per heavy atom. The smallest absolute Gasteiger partial charge is 0.251 e. The van der Waals surface area contributed by atoms with Crippen molar-refractivity contribution < 1.29 is 9.59 Å². The lowest BCUT2D eigenvalue weighted by molar-refractivity contribution is -0.128. The van der Waals surface area contributed by atoms with Crippen LogP contribution in [-0.4, -0.2) is 25.4 Å². The fraction of sp³-hybridized carbons (Fsp3) is 0.385. The largest absolute Gasteiger partial charge is 0.398 e. The van der Waals surface area contributed by atoms with Gasteiger partial charge >= 0.3 is 0 Å². The lowest BCUT2D eigenvalue weighted by Gasteiger charge is -2.22. The van der Waals surface area contributed by atoms with Gasteiger partial charge in [0.2, 0.25) is 5.91 Å². The Morgan fingerprint density at radius 2 is 2.00 bits per heavy atom. The van der Waals surface area contributed by atoms with E-state index in [1.807, 2.05) is 0 Å². The van der Waals surface area contributed by atoms with Crippen molar-refractivity contribution >= 4 is 33.4 Å². The summed E-state index contributed by atoms with van der Waals surface area (Å²) in [7, 11) is 1.57. The van der Waals surface area contributed by atoms with Crippen molar-refractivity contribution in [3.05, 3.63) is 28.2 Å². The Kier molecular flexibility index (Phi) is 4.94. The van der Waals surface area contributed by atoms with Crippen LogP contribution in [0.15, 0.2) is 22.7 Å². The lowest BCUT2D eigenvalue weighted by Crippen LogP contribution is -2.43. The van der Waals surface area contributed by atoms with Crippen LogP contribution in [0, 0.1) is 5.41 Å². The number of halogens is 1. The van der Waals surface area contributed by atoms with Crippen LogP contribution < -0.4 is 16.4 Å². The molecule has 0 unspecified atom stereocenters. The number of hydrogen-bond donors (Lipinski definition) is 3. The number of amides is 2. The van der Waals surface area contributed by atoms with E-state index in [1.165, 1.54) is 0 Å². The molecule has 6 heteroatoms. The SMILES string of the molecule is CNC(=O)C(C)(C)CNC(=O)c1ccc(N)c(Br)c1. The summed E-state index contributed by atoms with van der Waals surface area (Å²) in [4.78, 5) is 23.6. The molecular formula is C13H18BrN3O2. The van der Waals surface area contributed by atoms with Gasteiger partial charge in [-0.25, -0.2) is 0 Å². The fourth-order valence-corrected chi connectivity index (χ4v) is 1.87. The van der Waals surface area contributed by atoms with E-state index in [2.05, 4.69) is 26.6 Å². The zero-order valence-corrected chi connectivity index (χ0v) is 12.8. The number of nitrogens with two attached hydrogens (primary N) is 1. The van der Waals surface area contributed by atoms with E-state index >= 15 is 0 Å². The van der Waals surface area contributed by atoms with E-state index in [4.69, 9.17) is 5.73 Å². The summed E-state index contributed by atoms with van der Waals surface area (Å²) in [6.07, 6.45) is 0. The van der Waals surface area contributed by atoms with Gasteiger partial charge in [-0.15, -0.1) is 0 Å². The fourth-order valence-electron chi connectivity index (χ4n) is 1.49. The number of anilines is 1. The van der Waals surface area contributed by atoms with Crippen molar-refractivity contribution in [3.8, 4) is 0 Å². The molecule has 0 saturated carbocycles. The van der Waals surface area contributed by atoms with Crippen molar-refractivity contribution in [1.82, 2.24) is 10.6 Å². The molecule has 5 nitrogen and oxygen atoms in total. The van der Waals surface area contributed by atoms with E-state index in [0.29, 0.717) is 15.7 Å². The molecule has 0 aliphatic carbocycles. The van der Waals surface area contributed by atoms with Gasteiger partial charge in [0.15, 0.2) is 0 Å². The van der Waals surface area contributed by atoms with E-state index < -0.39 is 5.41 Å². The van der Waals surface area contributed by atoms with E-state index in [1.54, 1.807) is 39.1 Å². The maximum Gasteiger partial charge on any atom is 0.251 e. The summed E-state index contributed by atoms with van der Waals surface area (Å²) in [5.74, 6) is -0.357. The van der Waals surface area contributed by atoms with E-state index in [-0.39, 0.29) is 18.4 Å². The minimum Gasteiger partial charge on any atom is -0.398 e. The average Bonchev–Trinajstić information content (AvgIpc) is 2.38. The first-order valence-electron chi connectivity index (χ1n) is 5.83. The second-order valence-electron chi connectivity index (χ2n) is 4.88. The van der Waals surface area contributed by atoms with Crippen LogP contribution in [0.1, 0.15) is 24.2 Å². The van der Waals surface area contributed by atoms with Crippen molar-refractivity contribution in [2.24, 2.45) is 5.41 Å². The molecule has 0 heterocycles. The molecule has 0 fully saturated rings. The van der Waals surface area contributed by atoms with Gasteiger partial charge in [-0.3, -0.25) is 9.59 Å². The number of rotatable bonds is 4. The van der Waals surface area contributed by atoms with Crippen LogP contribution in [0.4, 0.5) is 5.69 Å². The van der Waals surface area contributed by atoms with Crippen LogP contribution >= 0.6 is 15.9 Å². The molecule has 104 valence electrons. The molecule has 0 bridgehead atoms. The third kappa shape index (κ3) is 3.96. The summed E-state index contributed by atoms with van der Waals surface area (Å²) >= 11 is 3.27. The van der Waals surface area contributed by atoms with Gasteiger partial charge in [0.05, 0.1) is 5.41 Å². The number of benzene rings is 1. The molecule has 0 atom stereocenters. The number of carbonyl (C=O) groups is 2. The van der Waals surface area contributed by atoms with Gasteiger partial charge in [-0.2, -0.15) is 0 Å². The molecule has 0 spiro atoms. The van der Waals surface area contributed by atoms with Crippen molar-refractivity contribution in [1.29, 1.82) is 0 Å². The van der Waals surface area contributed by atoms with E-state index in [9.17, 15) is 9.59 Å². The first kappa shape index (κ1) is 15.5. The molecule has 0 radical (unpaired) electrons. The highest BCUT2D eigenvalue weighted by atomic mass is 79.9. The Bertz CT molecular complexity index is 501. The van der Waals surface area contributed by atoms with Gasteiger partial charge in [-0.1, -0.05) is 0 Å². The number of nitrogen functional groups attached to an aromatic ring is 1. The molecule has 0 aliphatic rings. The molecule has 1 aromatic rings. The molecule has 19 heavy (non-hydrogen) atoms. The van der Waals surface area contributed by atoms with Crippen LogP contribution in [0.2, 0.25) is 0 Å². The maximum absolute atomic E-state index is 12.0. The predicted molar refractivity (Wildman–Crippen MR) is 78.7 cm³/mol. The zero-order chi connectivity index (χ0) is 14.6. The van der Waals surface area contributed by atoms with Crippen molar-refractivity contribution in [2.45, 2.75) is 13.8 Å². The first-order chi connectivity index (χ1) is 8.77. The van der Waals surface area contributed by atoms with Crippen LogP contribution in [-0.2, 0) is 4.79 Å². The second kappa shape index (κ2) is 6.06. The molecule has 1 aromatic carbocycles. The Labute approximate surface area is 121 Å². The normalized spacial score (nSPS) is 10.9. The molecule has 1 rings (SSSR count). The topological polar surface area (TPSA) is 84.2 Å². The minimum atomic E-state index is -0.657. The summed E-state index contributed by atoms with van der Waals surface area (Å²) in [5, 5.41) is 5.31. The monoisotopic (exact) mass is 327 g/mol. The zero-order valence-electron chi connectivity index (χ0n) is 11.2. The van der Waals surface area contributed by atoms with Gasteiger partial charge in [-0.05, 0) is 48.0 Å². The van der Waals surface area contributed by atoms with Crippen LogP contribution in [0.5, 0.6) is 0 Å². The standard InChI is InChI=1S/C13H18BrN3O2/c1-13(2,12(19)16-3)7-17-11(18)8-4-5-10(15)9(14)6-8/h4-6H,7,15H2,1-3H3,(H,16,19)(H,17,18). The average molecular weight is 328 g/mol. The molecule has 0 aliphatic heterocycles. The van der Waals surface area contributed by atoms with Gasteiger partial charge < -0.3 is 16.4 Å².